The van der Waals surface area contributed by atoms with Gasteiger partial charge in [-0.1, -0.05) is 0 Å². The SMILES string of the molecule is COc1ccc(-c2ncc(/C=C/C(=O)O)nc2-c2ccc(OC)cc2)cc1. The third-order valence-corrected chi connectivity index (χ3v) is 3.91. The fraction of sp³-hybridized carbons (Fsp3) is 0.0952. The number of carboxylic acid groups (broad SMARTS) is 1. The predicted octanol–water partition coefficient (Wildman–Crippen LogP) is 3.93. The first-order valence-corrected chi connectivity index (χ1v) is 8.17. The lowest BCUT2D eigenvalue weighted by Crippen LogP contribution is -1.97. The second-order valence-corrected chi connectivity index (χ2v) is 5.62. The molecule has 0 radical (unpaired) electrons. The van der Waals surface area contributed by atoms with Crippen LogP contribution in [-0.2, 0) is 4.79 Å². The number of nitrogens with zero attached hydrogens (tertiary/aromatic N) is 2. The molecular formula is C21H18N2O4. The van der Waals surface area contributed by atoms with Gasteiger partial charge in [0, 0.05) is 17.2 Å². The summed E-state index contributed by atoms with van der Waals surface area (Å²) in [5.74, 6) is 0.445. The molecule has 1 aromatic heterocycles. The van der Waals surface area contributed by atoms with E-state index in [2.05, 4.69) is 9.97 Å². The van der Waals surface area contributed by atoms with Crippen LogP contribution in [0.25, 0.3) is 28.6 Å². The number of methoxy groups -OCH3 is 2. The highest BCUT2D eigenvalue weighted by Crippen LogP contribution is 2.31. The van der Waals surface area contributed by atoms with Crippen LogP contribution in [0.1, 0.15) is 5.69 Å². The van der Waals surface area contributed by atoms with Crippen molar-refractivity contribution in [2.24, 2.45) is 0 Å². The van der Waals surface area contributed by atoms with Gasteiger partial charge in [-0.2, -0.15) is 0 Å². The summed E-state index contributed by atoms with van der Waals surface area (Å²) in [6, 6.07) is 15.0. The van der Waals surface area contributed by atoms with Gasteiger partial charge in [0.2, 0.25) is 0 Å². The average Bonchev–Trinajstić information content (AvgIpc) is 2.72. The highest BCUT2D eigenvalue weighted by molar-refractivity contribution is 5.85. The van der Waals surface area contributed by atoms with E-state index in [1.807, 2.05) is 48.5 Å². The molecule has 0 amide bonds. The van der Waals surface area contributed by atoms with Gasteiger partial charge in [-0.05, 0) is 54.6 Å². The summed E-state index contributed by atoms with van der Waals surface area (Å²) in [4.78, 5) is 19.9. The zero-order valence-electron chi connectivity index (χ0n) is 14.9. The Morgan fingerprint density at radius 1 is 0.889 bits per heavy atom. The highest BCUT2D eigenvalue weighted by Gasteiger charge is 2.12. The summed E-state index contributed by atoms with van der Waals surface area (Å²) in [7, 11) is 3.22. The normalized spacial score (nSPS) is 10.7. The maximum atomic E-state index is 10.8. The van der Waals surface area contributed by atoms with Crippen LogP contribution in [0, 0.1) is 0 Å². The molecule has 0 saturated heterocycles. The van der Waals surface area contributed by atoms with Crippen LogP contribution < -0.4 is 9.47 Å². The Kier molecular flexibility index (Phi) is 5.47. The van der Waals surface area contributed by atoms with Gasteiger partial charge >= 0.3 is 5.97 Å². The molecule has 0 unspecified atom stereocenters. The first kappa shape index (κ1) is 18.1. The third-order valence-electron chi connectivity index (χ3n) is 3.91. The third kappa shape index (κ3) is 4.30. The van der Waals surface area contributed by atoms with E-state index in [-0.39, 0.29) is 0 Å². The molecule has 136 valence electrons. The smallest absolute Gasteiger partial charge is 0.328 e. The van der Waals surface area contributed by atoms with Gasteiger partial charge in [0.15, 0.2) is 0 Å². The minimum atomic E-state index is -1.04. The Morgan fingerprint density at radius 2 is 1.41 bits per heavy atom. The number of carbonyl (C=O) groups is 1. The largest absolute Gasteiger partial charge is 0.497 e. The summed E-state index contributed by atoms with van der Waals surface area (Å²) in [6.07, 6.45) is 4.00. The summed E-state index contributed by atoms with van der Waals surface area (Å²) in [6.45, 7) is 0. The van der Waals surface area contributed by atoms with Gasteiger partial charge in [0.25, 0.3) is 0 Å². The molecule has 1 N–H and O–H groups in total. The van der Waals surface area contributed by atoms with Crippen LogP contribution in [0.2, 0.25) is 0 Å². The van der Waals surface area contributed by atoms with Crippen LogP contribution in [0.15, 0.2) is 60.8 Å². The van der Waals surface area contributed by atoms with Gasteiger partial charge in [-0.25, -0.2) is 9.78 Å². The minimum Gasteiger partial charge on any atom is -0.497 e. The van der Waals surface area contributed by atoms with Crippen LogP contribution >= 0.6 is 0 Å². The maximum Gasteiger partial charge on any atom is 0.328 e. The van der Waals surface area contributed by atoms with E-state index in [1.165, 1.54) is 6.08 Å². The standard InChI is InChI=1S/C21H18N2O4/c1-26-17-8-3-14(4-9-17)20-21(15-5-10-18(27-2)11-6-15)23-16(13-22-20)7-12-19(24)25/h3-13H,1-2H3,(H,24,25)/b12-7+. The highest BCUT2D eigenvalue weighted by atomic mass is 16.5. The van der Waals surface area contributed by atoms with Gasteiger partial charge in [-0.15, -0.1) is 0 Å². The number of carboxylic acids is 1. The molecule has 0 aliphatic rings. The maximum absolute atomic E-state index is 10.8. The van der Waals surface area contributed by atoms with E-state index in [9.17, 15) is 4.79 Å². The lowest BCUT2D eigenvalue weighted by molar-refractivity contribution is -0.131. The van der Waals surface area contributed by atoms with Crippen LogP contribution in [0.3, 0.4) is 0 Å². The Balaban J connectivity index is 2.11. The van der Waals surface area contributed by atoms with Crippen LogP contribution in [-0.4, -0.2) is 35.3 Å². The monoisotopic (exact) mass is 362 g/mol. The van der Waals surface area contributed by atoms with E-state index in [0.717, 1.165) is 28.7 Å². The number of hydrogen-bond acceptors (Lipinski definition) is 5. The van der Waals surface area contributed by atoms with Gasteiger partial charge < -0.3 is 14.6 Å². The van der Waals surface area contributed by atoms with Crippen molar-refractivity contribution < 1.29 is 19.4 Å². The Bertz CT molecular complexity index is 964. The second-order valence-electron chi connectivity index (χ2n) is 5.62. The summed E-state index contributed by atoms with van der Waals surface area (Å²) in [5.41, 5.74) is 3.52. The minimum absolute atomic E-state index is 0.459. The van der Waals surface area contributed by atoms with E-state index >= 15 is 0 Å². The molecular weight excluding hydrogens is 344 g/mol. The lowest BCUT2D eigenvalue weighted by atomic mass is 10.0. The first-order chi connectivity index (χ1) is 13.1. The number of aromatic nitrogens is 2. The molecule has 0 aliphatic carbocycles. The van der Waals surface area contributed by atoms with Crippen molar-refractivity contribution in [1.82, 2.24) is 9.97 Å². The van der Waals surface area contributed by atoms with E-state index in [1.54, 1.807) is 20.4 Å². The van der Waals surface area contributed by atoms with Crippen LogP contribution in [0.4, 0.5) is 0 Å². The van der Waals surface area contributed by atoms with Gasteiger partial charge in [-0.3, -0.25) is 4.98 Å². The number of aliphatic carboxylic acids is 1. The van der Waals surface area contributed by atoms with Crippen molar-refractivity contribution in [2.45, 2.75) is 0 Å². The Hall–Kier alpha value is -3.67. The molecule has 0 aliphatic heterocycles. The average molecular weight is 362 g/mol. The number of hydrogen-bond donors (Lipinski definition) is 1. The van der Waals surface area contributed by atoms with Gasteiger partial charge in [0.05, 0.1) is 37.5 Å². The molecule has 0 atom stereocenters. The number of benzene rings is 2. The zero-order valence-corrected chi connectivity index (χ0v) is 14.9. The molecule has 27 heavy (non-hydrogen) atoms. The molecule has 0 spiro atoms. The van der Waals surface area contributed by atoms with Crippen molar-refractivity contribution in [3.8, 4) is 34.0 Å². The molecule has 6 nitrogen and oxygen atoms in total. The number of rotatable bonds is 6. The zero-order chi connectivity index (χ0) is 19.2. The van der Waals surface area contributed by atoms with Gasteiger partial charge in [0.1, 0.15) is 11.5 Å². The molecule has 3 aromatic rings. The van der Waals surface area contributed by atoms with E-state index in [4.69, 9.17) is 14.6 Å². The molecule has 1 heterocycles. The summed E-state index contributed by atoms with van der Waals surface area (Å²) < 4.78 is 10.4. The molecule has 2 aromatic carbocycles. The summed E-state index contributed by atoms with van der Waals surface area (Å²) in [5, 5.41) is 8.84. The van der Waals surface area contributed by atoms with Crippen molar-refractivity contribution >= 4 is 12.0 Å². The summed E-state index contributed by atoms with van der Waals surface area (Å²) >= 11 is 0. The van der Waals surface area contributed by atoms with Crippen molar-refractivity contribution in [3.63, 3.8) is 0 Å². The van der Waals surface area contributed by atoms with E-state index < -0.39 is 5.97 Å². The molecule has 3 rings (SSSR count). The molecule has 0 bridgehead atoms. The van der Waals surface area contributed by atoms with E-state index in [0.29, 0.717) is 17.1 Å². The topological polar surface area (TPSA) is 81.5 Å². The molecule has 0 fully saturated rings. The van der Waals surface area contributed by atoms with Crippen molar-refractivity contribution in [3.05, 3.63) is 66.5 Å². The predicted molar refractivity (Wildman–Crippen MR) is 103 cm³/mol. The second kappa shape index (κ2) is 8.14. The van der Waals surface area contributed by atoms with Crippen molar-refractivity contribution in [2.75, 3.05) is 14.2 Å². The fourth-order valence-electron chi connectivity index (χ4n) is 2.55. The number of ether oxygens (including phenoxy) is 2. The Labute approximate surface area is 156 Å². The Morgan fingerprint density at radius 3 is 1.89 bits per heavy atom. The first-order valence-electron chi connectivity index (χ1n) is 8.17. The van der Waals surface area contributed by atoms with Crippen molar-refractivity contribution in [1.29, 1.82) is 0 Å². The molecule has 6 heteroatoms. The lowest BCUT2D eigenvalue weighted by Gasteiger charge is -2.11. The quantitative estimate of drug-likeness (QED) is 0.669. The fourth-order valence-corrected chi connectivity index (χ4v) is 2.55. The molecule has 0 saturated carbocycles. The van der Waals surface area contributed by atoms with Crippen LogP contribution in [0.5, 0.6) is 11.5 Å².